The lowest BCUT2D eigenvalue weighted by molar-refractivity contribution is -0.144. The fourth-order valence-electron chi connectivity index (χ4n) is 3.52. The molecule has 2 aliphatic heterocycles. The molecule has 0 saturated carbocycles. The summed E-state index contributed by atoms with van der Waals surface area (Å²) in [5, 5.41) is 0. The van der Waals surface area contributed by atoms with Crippen LogP contribution in [0.1, 0.15) is 17.7 Å². The molecule has 1 aromatic carbocycles. The molecule has 3 heterocycles. The van der Waals surface area contributed by atoms with Crippen LogP contribution in [0.4, 0.5) is 5.69 Å². The highest BCUT2D eigenvalue weighted by Crippen LogP contribution is 2.33. The molecule has 5 nitrogen and oxygen atoms in total. The number of carbonyl (C=O) groups excluding carboxylic acids is 1. The number of carbonyl (C=O) groups is 1. The molecule has 0 unspecified atom stereocenters. The Morgan fingerprint density at radius 2 is 2.00 bits per heavy atom. The van der Waals surface area contributed by atoms with E-state index < -0.39 is 0 Å². The molecule has 2 aliphatic rings. The van der Waals surface area contributed by atoms with E-state index in [0.717, 1.165) is 38.2 Å². The monoisotopic (exact) mass is 343 g/mol. The zero-order valence-corrected chi connectivity index (χ0v) is 14.4. The summed E-state index contributed by atoms with van der Waals surface area (Å²) in [4.78, 5) is 22.1. The van der Waals surface area contributed by atoms with Crippen LogP contribution in [0.25, 0.3) is 0 Å². The first-order valence-corrected chi connectivity index (χ1v) is 9.21. The van der Waals surface area contributed by atoms with Crippen LogP contribution in [-0.2, 0) is 16.1 Å². The fourth-order valence-corrected chi connectivity index (χ4v) is 4.16. The molecule has 6 heteroatoms. The summed E-state index contributed by atoms with van der Waals surface area (Å²) in [5.74, 6) is 0.0546. The topological polar surface area (TPSA) is 45.7 Å². The molecule has 0 bridgehead atoms. The number of ether oxygens (including phenoxy) is 1. The molecule has 0 aliphatic carbocycles. The third kappa shape index (κ3) is 3.22. The lowest BCUT2D eigenvalue weighted by atomic mass is 9.89. The largest absolute Gasteiger partial charge is 0.363 e. The zero-order chi connectivity index (χ0) is 16.4. The van der Waals surface area contributed by atoms with Gasteiger partial charge < -0.3 is 9.64 Å². The summed E-state index contributed by atoms with van der Waals surface area (Å²) in [7, 11) is 0. The van der Waals surface area contributed by atoms with Crippen molar-refractivity contribution < 1.29 is 9.53 Å². The summed E-state index contributed by atoms with van der Waals surface area (Å²) >= 11 is 1.70. The van der Waals surface area contributed by atoms with Crippen molar-refractivity contribution in [2.75, 3.05) is 31.1 Å². The van der Waals surface area contributed by atoms with E-state index in [0.29, 0.717) is 6.54 Å². The van der Waals surface area contributed by atoms with Crippen molar-refractivity contribution in [3.05, 3.63) is 46.9 Å². The second kappa shape index (κ2) is 6.63. The van der Waals surface area contributed by atoms with Gasteiger partial charge in [0, 0.05) is 36.4 Å². The summed E-state index contributed by atoms with van der Waals surface area (Å²) < 4.78 is 6.03. The molecule has 2 saturated heterocycles. The molecule has 2 fully saturated rings. The highest BCUT2D eigenvalue weighted by molar-refractivity contribution is 7.09. The molecule has 0 atom stereocenters. The van der Waals surface area contributed by atoms with Gasteiger partial charge in [-0.2, -0.15) is 0 Å². The molecule has 1 aromatic heterocycles. The lowest BCUT2D eigenvalue weighted by Gasteiger charge is -2.47. The highest BCUT2D eigenvalue weighted by Gasteiger charge is 2.42. The summed E-state index contributed by atoms with van der Waals surface area (Å²) in [5.41, 5.74) is 2.65. The first-order valence-electron chi connectivity index (χ1n) is 8.33. The number of piperidine rings is 1. The molecule has 0 radical (unpaired) electrons. The molecular weight excluding hydrogens is 322 g/mol. The van der Waals surface area contributed by atoms with E-state index in [-0.39, 0.29) is 18.1 Å². The predicted molar refractivity (Wildman–Crippen MR) is 94.1 cm³/mol. The molecule has 2 aromatic rings. The van der Waals surface area contributed by atoms with Gasteiger partial charge in [0.25, 0.3) is 5.91 Å². The van der Waals surface area contributed by atoms with Gasteiger partial charge in [-0.25, -0.2) is 0 Å². The van der Waals surface area contributed by atoms with Crippen molar-refractivity contribution in [1.29, 1.82) is 0 Å². The van der Waals surface area contributed by atoms with Crippen LogP contribution in [0.15, 0.2) is 42.0 Å². The van der Waals surface area contributed by atoms with Crippen LogP contribution in [0.3, 0.4) is 0 Å². The smallest absolute Gasteiger partial charge is 0.253 e. The minimum absolute atomic E-state index is 0.0546. The maximum absolute atomic E-state index is 12.3. The number of aromatic nitrogens is 1. The van der Waals surface area contributed by atoms with Crippen LogP contribution in [0.2, 0.25) is 0 Å². The van der Waals surface area contributed by atoms with Crippen LogP contribution in [0, 0.1) is 0 Å². The lowest BCUT2D eigenvalue weighted by Crippen LogP contribution is -2.58. The maximum Gasteiger partial charge on any atom is 0.253 e. The number of thiazole rings is 1. The number of anilines is 1. The molecule has 1 spiro atoms. The maximum atomic E-state index is 12.3. The fraction of sp³-hybridized carbons (Fsp3) is 0.444. The van der Waals surface area contributed by atoms with Crippen molar-refractivity contribution in [2.45, 2.75) is 25.0 Å². The number of hydrogen-bond donors (Lipinski definition) is 0. The minimum Gasteiger partial charge on any atom is -0.363 e. The summed E-state index contributed by atoms with van der Waals surface area (Å²) in [6.45, 7) is 3.79. The van der Waals surface area contributed by atoms with Gasteiger partial charge >= 0.3 is 0 Å². The Kier molecular flexibility index (Phi) is 4.35. The summed E-state index contributed by atoms with van der Waals surface area (Å²) in [6, 6.07) is 9.92. The Morgan fingerprint density at radius 1 is 1.21 bits per heavy atom. The third-order valence-corrected chi connectivity index (χ3v) is 5.71. The Morgan fingerprint density at radius 3 is 2.71 bits per heavy atom. The van der Waals surface area contributed by atoms with E-state index in [1.54, 1.807) is 11.3 Å². The quantitative estimate of drug-likeness (QED) is 0.859. The number of para-hydroxylation sites is 1. The van der Waals surface area contributed by atoms with Gasteiger partial charge in [0.2, 0.25) is 0 Å². The number of amides is 1. The molecule has 1 amide bonds. The van der Waals surface area contributed by atoms with Gasteiger partial charge in [0.05, 0.1) is 17.7 Å². The van der Waals surface area contributed by atoms with Crippen molar-refractivity contribution in [3.63, 3.8) is 0 Å². The van der Waals surface area contributed by atoms with Crippen molar-refractivity contribution in [3.8, 4) is 0 Å². The van der Waals surface area contributed by atoms with Crippen LogP contribution in [-0.4, -0.2) is 47.6 Å². The Hall–Kier alpha value is -1.76. The normalized spacial score (nSPS) is 21.3. The van der Waals surface area contributed by atoms with E-state index in [4.69, 9.17) is 4.74 Å². The number of benzene rings is 1. The molecule has 126 valence electrons. The Bertz CT molecular complexity index is 682. The first-order chi connectivity index (χ1) is 11.7. The number of nitrogens with zero attached hydrogens (tertiary/aromatic N) is 3. The van der Waals surface area contributed by atoms with E-state index in [2.05, 4.69) is 9.88 Å². The molecular formula is C18H21N3O2S. The third-order valence-electron chi connectivity index (χ3n) is 4.95. The number of rotatable bonds is 3. The van der Waals surface area contributed by atoms with Crippen molar-refractivity contribution >= 4 is 22.9 Å². The van der Waals surface area contributed by atoms with Gasteiger partial charge in [0.1, 0.15) is 6.61 Å². The highest BCUT2D eigenvalue weighted by atomic mass is 32.1. The van der Waals surface area contributed by atoms with Gasteiger partial charge in [-0.15, -0.1) is 11.3 Å². The molecule has 4 rings (SSSR count). The number of morpholine rings is 1. The van der Waals surface area contributed by atoms with E-state index >= 15 is 0 Å². The SMILES string of the molecule is O=C1COC2(CCN(Cc3cncs3)CC2)CN1c1ccccc1. The van der Waals surface area contributed by atoms with Crippen LogP contribution in [0.5, 0.6) is 0 Å². The van der Waals surface area contributed by atoms with E-state index in [9.17, 15) is 4.79 Å². The van der Waals surface area contributed by atoms with Crippen LogP contribution < -0.4 is 4.90 Å². The molecule has 24 heavy (non-hydrogen) atoms. The number of hydrogen-bond acceptors (Lipinski definition) is 5. The van der Waals surface area contributed by atoms with E-state index in [1.807, 2.05) is 46.9 Å². The standard InChI is InChI=1S/C18H21N3O2S/c22-17-12-23-18(13-21(17)15-4-2-1-3-5-15)6-8-20(9-7-18)11-16-10-19-14-24-16/h1-5,10,14H,6-9,11-13H2. The van der Waals surface area contributed by atoms with Gasteiger partial charge in [-0.1, -0.05) is 18.2 Å². The molecule has 0 N–H and O–H groups in total. The van der Waals surface area contributed by atoms with Gasteiger partial charge in [-0.3, -0.25) is 14.7 Å². The Labute approximate surface area is 145 Å². The van der Waals surface area contributed by atoms with Crippen molar-refractivity contribution in [2.24, 2.45) is 0 Å². The predicted octanol–water partition coefficient (Wildman–Crippen LogP) is 2.54. The average Bonchev–Trinajstić information content (AvgIpc) is 3.13. The zero-order valence-electron chi connectivity index (χ0n) is 13.6. The van der Waals surface area contributed by atoms with Crippen molar-refractivity contribution in [1.82, 2.24) is 9.88 Å². The van der Waals surface area contributed by atoms with Gasteiger partial charge in [0.15, 0.2) is 0 Å². The first kappa shape index (κ1) is 15.7. The Balaban J connectivity index is 1.42. The summed E-state index contributed by atoms with van der Waals surface area (Å²) in [6.07, 6.45) is 3.87. The second-order valence-electron chi connectivity index (χ2n) is 6.53. The number of likely N-dealkylation sites (tertiary alicyclic amines) is 1. The minimum atomic E-state index is -0.200. The van der Waals surface area contributed by atoms with E-state index in [1.165, 1.54) is 4.88 Å². The average molecular weight is 343 g/mol. The van der Waals surface area contributed by atoms with Gasteiger partial charge in [-0.05, 0) is 25.0 Å². The second-order valence-corrected chi connectivity index (χ2v) is 7.50. The van der Waals surface area contributed by atoms with Crippen LogP contribution >= 0.6 is 11.3 Å².